The van der Waals surface area contributed by atoms with E-state index in [1.165, 1.54) is 0 Å². The third kappa shape index (κ3) is 5.33. The molecule has 7 heteroatoms. The summed E-state index contributed by atoms with van der Waals surface area (Å²) in [5.74, 6) is 0.997. The molecule has 1 aliphatic heterocycles. The monoisotopic (exact) mass is 336 g/mol. The van der Waals surface area contributed by atoms with E-state index in [0.717, 1.165) is 31.7 Å². The van der Waals surface area contributed by atoms with Crippen molar-refractivity contribution in [1.29, 1.82) is 0 Å². The first-order valence-corrected chi connectivity index (χ1v) is 8.29. The van der Waals surface area contributed by atoms with Gasteiger partial charge in [-0.2, -0.15) is 0 Å². The quantitative estimate of drug-likeness (QED) is 0.821. The molecule has 1 aliphatic rings. The molecule has 0 N–H and O–H groups in total. The molecule has 134 valence electrons. The van der Waals surface area contributed by atoms with Gasteiger partial charge in [0.05, 0.1) is 7.11 Å². The van der Waals surface area contributed by atoms with Crippen molar-refractivity contribution in [1.82, 2.24) is 19.8 Å². The fraction of sp³-hybridized carbons (Fsp3) is 0.706. The number of likely N-dealkylation sites (tertiary alicyclic amines) is 1. The highest BCUT2D eigenvalue weighted by Gasteiger charge is 2.30. The van der Waals surface area contributed by atoms with Crippen LogP contribution in [0.3, 0.4) is 0 Å². The molecule has 0 unspecified atom stereocenters. The summed E-state index contributed by atoms with van der Waals surface area (Å²) in [5.41, 5.74) is 0.374. The summed E-state index contributed by atoms with van der Waals surface area (Å²) in [7, 11) is 3.65. The Morgan fingerprint density at radius 3 is 2.75 bits per heavy atom. The van der Waals surface area contributed by atoms with Crippen molar-refractivity contribution in [3.8, 4) is 5.88 Å². The summed E-state index contributed by atoms with van der Waals surface area (Å²) in [6, 6.07) is 0. The zero-order valence-corrected chi connectivity index (χ0v) is 15.3. The van der Waals surface area contributed by atoms with Crippen LogP contribution in [-0.4, -0.2) is 65.3 Å². The second-order valence-corrected chi connectivity index (χ2v) is 7.29. The maximum atomic E-state index is 12.1. The van der Waals surface area contributed by atoms with Gasteiger partial charge in [0.2, 0.25) is 5.88 Å². The highest BCUT2D eigenvalue weighted by molar-refractivity contribution is 5.68. The van der Waals surface area contributed by atoms with Gasteiger partial charge in [0.1, 0.15) is 11.3 Å². The molecule has 0 aromatic carbocycles. The number of hydrogen-bond acceptors (Lipinski definition) is 6. The first-order valence-electron chi connectivity index (χ1n) is 8.29. The van der Waals surface area contributed by atoms with E-state index in [2.05, 4.69) is 14.9 Å². The smallest absolute Gasteiger partial charge is 0.410 e. The van der Waals surface area contributed by atoms with E-state index >= 15 is 0 Å². The minimum Gasteiger partial charge on any atom is -0.480 e. The molecule has 1 aromatic heterocycles. The van der Waals surface area contributed by atoms with Gasteiger partial charge in [0.15, 0.2) is 0 Å². The molecular formula is C17H28N4O3. The van der Waals surface area contributed by atoms with E-state index in [0.29, 0.717) is 18.3 Å². The Balaban J connectivity index is 1.83. The van der Waals surface area contributed by atoms with Gasteiger partial charge >= 0.3 is 6.09 Å². The molecule has 1 atom stereocenters. The van der Waals surface area contributed by atoms with E-state index in [9.17, 15) is 4.79 Å². The molecule has 1 aromatic rings. The molecule has 2 heterocycles. The number of amides is 1. The molecule has 0 spiro atoms. The molecule has 1 saturated heterocycles. The summed E-state index contributed by atoms with van der Waals surface area (Å²) in [5, 5.41) is 0. The number of hydrogen-bond donors (Lipinski definition) is 0. The fourth-order valence-electron chi connectivity index (χ4n) is 2.87. The van der Waals surface area contributed by atoms with Crippen LogP contribution in [0.4, 0.5) is 4.79 Å². The van der Waals surface area contributed by atoms with E-state index in [-0.39, 0.29) is 6.09 Å². The van der Waals surface area contributed by atoms with Crippen LogP contribution in [0.25, 0.3) is 0 Å². The van der Waals surface area contributed by atoms with Gasteiger partial charge in [-0.25, -0.2) is 9.78 Å². The van der Waals surface area contributed by atoms with Crippen LogP contribution < -0.4 is 4.74 Å². The van der Waals surface area contributed by atoms with Crippen molar-refractivity contribution in [2.24, 2.45) is 5.92 Å². The Bertz CT molecular complexity index is 559. The van der Waals surface area contributed by atoms with Crippen molar-refractivity contribution in [2.75, 3.05) is 33.8 Å². The Morgan fingerprint density at radius 1 is 1.38 bits per heavy atom. The first kappa shape index (κ1) is 18.4. The molecule has 0 bridgehead atoms. The van der Waals surface area contributed by atoms with Crippen molar-refractivity contribution < 1.29 is 14.3 Å². The lowest BCUT2D eigenvalue weighted by Crippen LogP contribution is -2.36. The molecular weight excluding hydrogens is 308 g/mol. The number of ether oxygens (including phenoxy) is 2. The molecule has 2 rings (SSSR count). The second-order valence-electron chi connectivity index (χ2n) is 7.29. The topological polar surface area (TPSA) is 67.8 Å². The van der Waals surface area contributed by atoms with E-state index in [1.54, 1.807) is 24.4 Å². The highest BCUT2D eigenvalue weighted by atomic mass is 16.6. The second kappa shape index (κ2) is 7.79. The summed E-state index contributed by atoms with van der Waals surface area (Å²) < 4.78 is 10.7. The van der Waals surface area contributed by atoms with Crippen LogP contribution in [0.15, 0.2) is 12.4 Å². The lowest BCUT2D eigenvalue weighted by molar-refractivity contribution is 0.0285. The standard InChI is InChI=1S/C17H28N4O3/c1-17(2,3)24-16(22)21-9-6-13(11-21)10-20(4)12-14-15(23-5)19-8-7-18-14/h7-8,13H,6,9-12H2,1-5H3/t13-/m0/s1. The molecule has 0 aliphatic carbocycles. The number of methoxy groups -OCH3 is 1. The number of carbonyl (C=O) groups excluding carboxylic acids is 1. The van der Waals surface area contributed by atoms with Crippen LogP contribution in [-0.2, 0) is 11.3 Å². The SMILES string of the molecule is COc1nccnc1CN(C)C[C@@H]1CCN(C(=O)OC(C)(C)C)C1. The first-order chi connectivity index (χ1) is 11.3. The lowest BCUT2D eigenvalue weighted by atomic mass is 10.1. The van der Waals surface area contributed by atoms with Crippen molar-refractivity contribution >= 4 is 6.09 Å². The maximum Gasteiger partial charge on any atom is 0.410 e. The normalized spacial score (nSPS) is 18.1. The maximum absolute atomic E-state index is 12.1. The minimum atomic E-state index is -0.450. The van der Waals surface area contributed by atoms with Crippen LogP contribution in [0.2, 0.25) is 0 Å². The van der Waals surface area contributed by atoms with Crippen LogP contribution in [0, 0.1) is 5.92 Å². The van der Waals surface area contributed by atoms with Gasteiger partial charge in [0, 0.05) is 38.6 Å². The molecule has 24 heavy (non-hydrogen) atoms. The van der Waals surface area contributed by atoms with Gasteiger partial charge in [-0.05, 0) is 40.2 Å². The Morgan fingerprint density at radius 2 is 2.08 bits per heavy atom. The van der Waals surface area contributed by atoms with E-state index in [4.69, 9.17) is 9.47 Å². The van der Waals surface area contributed by atoms with Crippen LogP contribution in [0.1, 0.15) is 32.9 Å². The average Bonchev–Trinajstić information content (AvgIpc) is 2.94. The van der Waals surface area contributed by atoms with Crippen LogP contribution in [0.5, 0.6) is 5.88 Å². The summed E-state index contributed by atoms with van der Waals surface area (Å²) >= 11 is 0. The van der Waals surface area contributed by atoms with Crippen molar-refractivity contribution in [3.63, 3.8) is 0 Å². The van der Waals surface area contributed by atoms with Crippen molar-refractivity contribution in [2.45, 2.75) is 39.3 Å². The zero-order chi connectivity index (χ0) is 17.7. The van der Waals surface area contributed by atoms with Gasteiger partial charge in [-0.1, -0.05) is 0 Å². The largest absolute Gasteiger partial charge is 0.480 e. The zero-order valence-electron chi connectivity index (χ0n) is 15.3. The predicted molar refractivity (Wildman–Crippen MR) is 90.8 cm³/mol. The predicted octanol–water partition coefficient (Wildman–Crippen LogP) is 2.17. The molecule has 1 amide bonds. The molecule has 0 radical (unpaired) electrons. The Hall–Kier alpha value is -1.89. The number of nitrogens with zero attached hydrogens (tertiary/aromatic N) is 4. The lowest BCUT2D eigenvalue weighted by Gasteiger charge is -2.25. The minimum absolute atomic E-state index is 0.219. The molecule has 1 fully saturated rings. The van der Waals surface area contributed by atoms with Gasteiger partial charge < -0.3 is 14.4 Å². The summed E-state index contributed by atoms with van der Waals surface area (Å²) in [6.45, 7) is 8.71. The van der Waals surface area contributed by atoms with Crippen molar-refractivity contribution in [3.05, 3.63) is 18.1 Å². The molecule has 7 nitrogen and oxygen atoms in total. The van der Waals surface area contributed by atoms with E-state index < -0.39 is 5.60 Å². The van der Waals surface area contributed by atoms with Gasteiger partial charge in [-0.15, -0.1) is 0 Å². The number of rotatable bonds is 5. The summed E-state index contributed by atoms with van der Waals surface area (Å²) in [4.78, 5) is 24.6. The van der Waals surface area contributed by atoms with Gasteiger partial charge in [0.25, 0.3) is 0 Å². The Kier molecular flexibility index (Phi) is 5.99. The third-order valence-corrected chi connectivity index (χ3v) is 3.86. The Labute approximate surface area is 144 Å². The summed E-state index contributed by atoms with van der Waals surface area (Å²) in [6.07, 6.45) is 4.06. The molecule has 0 saturated carbocycles. The third-order valence-electron chi connectivity index (χ3n) is 3.86. The van der Waals surface area contributed by atoms with E-state index in [1.807, 2.05) is 27.8 Å². The number of carbonyl (C=O) groups is 1. The van der Waals surface area contributed by atoms with Gasteiger partial charge in [-0.3, -0.25) is 9.88 Å². The number of aromatic nitrogens is 2. The average molecular weight is 336 g/mol. The van der Waals surface area contributed by atoms with Crippen LogP contribution >= 0.6 is 0 Å². The highest BCUT2D eigenvalue weighted by Crippen LogP contribution is 2.21. The fourth-order valence-corrected chi connectivity index (χ4v) is 2.87.